The van der Waals surface area contributed by atoms with Crippen molar-refractivity contribution < 1.29 is 8.42 Å². The molecule has 0 aromatic carbocycles. The van der Waals surface area contributed by atoms with Crippen LogP contribution in [0, 0.1) is 6.92 Å². The molecule has 0 amide bonds. The minimum atomic E-state index is -3.50. The summed E-state index contributed by atoms with van der Waals surface area (Å²) in [5.41, 5.74) is 0.979. The molecular weight excluding hydrogens is 300 g/mol. The zero-order chi connectivity index (χ0) is 14.3. The van der Waals surface area contributed by atoms with E-state index in [9.17, 15) is 8.42 Å². The minimum Gasteiger partial charge on any atom is -0.298 e. The standard InChI is InChI=1S/C12H19ClN4O2S/c1-9-12(11(7-13)15-14-9)20(18,19)17-6-5-16-4-2-3-10(16)8-17/h10H,2-8H2,1H3,(H,14,15). The van der Waals surface area contributed by atoms with Gasteiger partial charge in [-0.2, -0.15) is 9.40 Å². The summed E-state index contributed by atoms with van der Waals surface area (Å²) in [6.45, 7) is 4.76. The van der Waals surface area contributed by atoms with Gasteiger partial charge < -0.3 is 0 Å². The van der Waals surface area contributed by atoms with Crippen LogP contribution in [0.4, 0.5) is 0 Å². The molecule has 3 rings (SSSR count). The summed E-state index contributed by atoms with van der Waals surface area (Å²) >= 11 is 5.81. The third-order valence-electron chi connectivity index (χ3n) is 4.24. The van der Waals surface area contributed by atoms with Crippen molar-refractivity contribution in [3.63, 3.8) is 0 Å². The van der Waals surface area contributed by atoms with E-state index in [2.05, 4.69) is 15.1 Å². The highest BCUT2D eigenvalue weighted by molar-refractivity contribution is 7.89. The number of aromatic amines is 1. The highest BCUT2D eigenvalue weighted by atomic mass is 35.5. The number of hydrogen-bond donors (Lipinski definition) is 1. The van der Waals surface area contributed by atoms with Crippen LogP contribution in [0.1, 0.15) is 24.2 Å². The normalized spacial score (nSPS) is 25.0. The molecule has 1 atom stereocenters. The molecule has 0 aliphatic carbocycles. The Labute approximate surface area is 124 Å². The highest BCUT2D eigenvalue weighted by Gasteiger charge is 2.38. The molecule has 0 radical (unpaired) electrons. The summed E-state index contributed by atoms with van der Waals surface area (Å²) in [4.78, 5) is 2.65. The fraction of sp³-hybridized carbons (Fsp3) is 0.750. The van der Waals surface area contributed by atoms with Gasteiger partial charge in [0.1, 0.15) is 4.90 Å². The van der Waals surface area contributed by atoms with E-state index in [-0.39, 0.29) is 10.8 Å². The van der Waals surface area contributed by atoms with E-state index in [0.717, 1.165) is 25.9 Å². The summed E-state index contributed by atoms with van der Waals surface area (Å²) in [6.07, 6.45) is 2.25. The third kappa shape index (κ3) is 2.26. The Balaban J connectivity index is 1.90. The predicted molar refractivity (Wildman–Crippen MR) is 76.2 cm³/mol. The molecule has 2 saturated heterocycles. The Morgan fingerprint density at radius 2 is 2.20 bits per heavy atom. The number of nitrogens with one attached hydrogen (secondary N) is 1. The van der Waals surface area contributed by atoms with Gasteiger partial charge in [-0.1, -0.05) is 0 Å². The molecule has 1 N–H and O–H groups in total. The average Bonchev–Trinajstić information content (AvgIpc) is 3.03. The number of nitrogens with zero attached hydrogens (tertiary/aromatic N) is 3. The summed E-state index contributed by atoms with van der Waals surface area (Å²) in [6, 6.07) is 0.366. The Morgan fingerprint density at radius 1 is 1.40 bits per heavy atom. The monoisotopic (exact) mass is 318 g/mol. The Bertz CT molecular complexity index is 601. The number of aryl methyl sites for hydroxylation is 1. The van der Waals surface area contributed by atoms with Gasteiger partial charge in [-0.25, -0.2) is 8.42 Å². The molecule has 2 aliphatic heterocycles. The van der Waals surface area contributed by atoms with E-state index >= 15 is 0 Å². The van der Waals surface area contributed by atoms with Crippen LogP contribution in [0.5, 0.6) is 0 Å². The Kier molecular flexibility index (Phi) is 3.79. The number of rotatable bonds is 3. The average molecular weight is 319 g/mol. The number of fused-ring (bicyclic) bond motifs is 1. The first-order chi connectivity index (χ1) is 9.54. The molecule has 0 bridgehead atoms. The van der Waals surface area contributed by atoms with Crippen molar-refractivity contribution in [1.82, 2.24) is 19.4 Å². The molecule has 2 aliphatic rings. The molecule has 3 heterocycles. The summed E-state index contributed by atoms with van der Waals surface area (Å²) < 4.78 is 27.2. The highest BCUT2D eigenvalue weighted by Crippen LogP contribution is 2.28. The third-order valence-corrected chi connectivity index (χ3v) is 6.56. The van der Waals surface area contributed by atoms with Crippen LogP contribution >= 0.6 is 11.6 Å². The quantitative estimate of drug-likeness (QED) is 0.842. The SMILES string of the molecule is Cc1[nH]nc(CCl)c1S(=O)(=O)N1CCN2CCCC2C1. The lowest BCUT2D eigenvalue weighted by Gasteiger charge is -2.36. The van der Waals surface area contributed by atoms with Gasteiger partial charge >= 0.3 is 0 Å². The van der Waals surface area contributed by atoms with Gasteiger partial charge in [-0.05, 0) is 26.3 Å². The van der Waals surface area contributed by atoms with Crippen molar-refractivity contribution in [2.24, 2.45) is 0 Å². The number of halogens is 1. The van der Waals surface area contributed by atoms with Crippen LogP contribution in [0.25, 0.3) is 0 Å². The summed E-state index contributed by atoms with van der Waals surface area (Å²) in [5, 5.41) is 6.72. The zero-order valence-corrected chi connectivity index (χ0v) is 13.0. The van der Waals surface area contributed by atoms with Gasteiger partial charge in [0.25, 0.3) is 0 Å². The van der Waals surface area contributed by atoms with Crippen LogP contribution in [-0.2, 0) is 15.9 Å². The van der Waals surface area contributed by atoms with Gasteiger partial charge in [-0.3, -0.25) is 10.00 Å². The summed E-state index contributed by atoms with van der Waals surface area (Å²) in [7, 11) is -3.50. The fourth-order valence-corrected chi connectivity index (χ4v) is 5.28. The smallest absolute Gasteiger partial charge is 0.246 e. The van der Waals surface area contributed by atoms with E-state index in [4.69, 9.17) is 11.6 Å². The second kappa shape index (κ2) is 5.29. The van der Waals surface area contributed by atoms with Crippen LogP contribution < -0.4 is 0 Å². The fourth-order valence-electron chi connectivity index (χ4n) is 3.21. The van der Waals surface area contributed by atoms with E-state index in [0.29, 0.717) is 30.5 Å². The van der Waals surface area contributed by atoms with Crippen molar-refractivity contribution in [2.75, 3.05) is 26.2 Å². The van der Waals surface area contributed by atoms with E-state index in [1.165, 1.54) is 0 Å². The van der Waals surface area contributed by atoms with Crippen molar-refractivity contribution in [1.29, 1.82) is 0 Å². The van der Waals surface area contributed by atoms with Crippen LogP contribution in [-0.4, -0.2) is 60.0 Å². The number of alkyl halides is 1. The topological polar surface area (TPSA) is 69.3 Å². The Hall–Kier alpha value is -0.630. The number of sulfonamides is 1. The molecular formula is C12H19ClN4O2S. The molecule has 20 heavy (non-hydrogen) atoms. The summed E-state index contributed by atoms with van der Waals surface area (Å²) in [5.74, 6) is 0.0995. The van der Waals surface area contributed by atoms with Gasteiger partial charge in [0, 0.05) is 25.7 Å². The number of piperazine rings is 1. The lowest BCUT2D eigenvalue weighted by Crippen LogP contribution is -2.52. The predicted octanol–water partition coefficient (Wildman–Crippen LogP) is 0.926. The van der Waals surface area contributed by atoms with Crippen molar-refractivity contribution in [3.05, 3.63) is 11.4 Å². The van der Waals surface area contributed by atoms with Gasteiger partial charge in [0.2, 0.25) is 10.0 Å². The first-order valence-corrected chi connectivity index (χ1v) is 8.85. The molecule has 0 spiro atoms. The Morgan fingerprint density at radius 3 is 2.95 bits per heavy atom. The minimum absolute atomic E-state index is 0.0995. The van der Waals surface area contributed by atoms with E-state index < -0.39 is 10.0 Å². The van der Waals surface area contributed by atoms with Crippen LogP contribution in [0.3, 0.4) is 0 Å². The molecule has 1 unspecified atom stereocenters. The first-order valence-electron chi connectivity index (χ1n) is 6.88. The van der Waals surface area contributed by atoms with Crippen LogP contribution in [0.2, 0.25) is 0 Å². The van der Waals surface area contributed by atoms with Gasteiger partial charge in [-0.15, -0.1) is 11.6 Å². The largest absolute Gasteiger partial charge is 0.298 e. The van der Waals surface area contributed by atoms with Crippen molar-refractivity contribution in [2.45, 2.75) is 36.6 Å². The maximum absolute atomic E-state index is 12.8. The molecule has 2 fully saturated rings. The molecule has 8 heteroatoms. The van der Waals surface area contributed by atoms with Crippen molar-refractivity contribution in [3.8, 4) is 0 Å². The van der Waals surface area contributed by atoms with Gasteiger partial charge in [0.05, 0.1) is 17.3 Å². The number of H-pyrrole nitrogens is 1. The molecule has 6 nitrogen and oxygen atoms in total. The maximum Gasteiger partial charge on any atom is 0.246 e. The molecule has 0 saturated carbocycles. The van der Waals surface area contributed by atoms with Crippen LogP contribution in [0.15, 0.2) is 4.90 Å². The zero-order valence-electron chi connectivity index (χ0n) is 11.5. The van der Waals surface area contributed by atoms with Crippen molar-refractivity contribution >= 4 is 21.6 Å². The second-order valence-electron chi connectivity index (χ2n) is 5.45. The van der Waals surface area contributed by atoms with Gasteiger partial charge in [0.15, 0.2) is 0 Å². The maximum atomic E-state index is 12.8. The number of hydrogen-bond acceptors (Lipinski definition) is 4. The van der Waals surface area contributed by atoms with E-state index in [1.54, 1.807) is 11.2 Å². The molecule has 112 valence electrons. The number of aromatic nitrogens is 2. The second-order valence-corrected chi connectivity index (χ2v) is 7.60. The molecule has 1 aromatic heterocycles. The molecule has 1 aromatic rings. The van der Waals surface area contributed by atoms with E-state index in [1.807, 2.05) is 0 Å². The lowest BCUT2D eigenvalue weighted by molar-refractivity contribution is 0.158. The lowest BCUT2D eigenvalue weighted by atomic mass is 10.2. The first kappa shape index (κ1) is 14.3.